The molecule has 1 fully saturated rings. The van der Waals surface area contributed by atoms with Gasteiger partial charge in [0.15, 0.2) is 11.5 Å². The summed E-state index contributed by atoms with van der Waals surface area (Å²) in [5.41, 5.74) is 1.32. The van der Waals surface area contributed by atoms with E-state index in [-0.39, 0.29) is 25.0 Å². The molecule has 2 aliphatic heterocycles. The zero-order valence-corrected chi connectivity index (χ0v) is 16.2. The van der Waals surface area contributed by atoms with Gasteiger partial charge >= 0.3 is 5.97 Å². The number of likely N-dealkylation sites (tertiary alicyclic amines) is 1. The molecule has 1 amide bonds. The highest BCUT2D eigenvalue weighted by Crippen LogP contribution is 2.40. The molecule has 1 atom stereocenters. The van der Waals surface area contributed by atoms with Gasteiger partial charge in [0.1, 0.15) is 5.69 Å². The minimum Gasteiger partial charge on any atom is -0.461 e. The third kappa shape index (κ3) is 3.64. The number of nitrogens with zero attached hydrogens (tertiary/aromatic N) is 1. The summed E-state index contributed by atoms with van der Waals surface area (Å²) in [6.07, 6.45) is 2.29. The normalized spacial score (nSPS) is 19.0. The Hall–Kier alpha value is -2.74. The van der Waals surface area contributed by atoms with E-state index in [4.69, 9.17) is 14.2 Å². The Morgan fingerprint density at radius 3 is 2.86 bits per heavy atom. The van der Waals surface area contributed by atoms with Gasteiger partial charge in [0, 0.05) is 18.0 Å². The number of hydrogen-bond donors (Lipinski definition) is 2. The number of rotatable bonds is 5. The van der Waals surface area contributed by atoms with Gasteiger partial charge in [-0.15, -0.1) is 0 Å². The average molecular weight is 387 g/mol. The van der Waals surface area contributed by atoms with Gasteiger partial charge in [-0.1, -0.05) is 6.92 Å². The number of H-pyrrole nitrogens is 1. The summed E-state index contributed by atoms with van der Waals surface area (Å²) in [6, 6.07) is 3.54. The summed E-state index contributed by atoms with van der Waals surface area (Å²) in [5, 5.41) is 3.60. The largest absolute Gasteiger partial charge is 0.461 e. The number of anilines is 1. The van der Waals surface area contributed by atoms with Crippen molar-refractivity contribution in [2.24, 2.45) is 5.92 Å². The maximum absolute atomic E-state index is 12.7. The number of aromatic amines is 1. The first-order valence-corrected chi connectivity index (χ1v) is 9.69. The third-order valence-electron chi connectivity index (χ3n) is 5.14. The Morgan fingerprint density at radius 1 is 1.32 bits per heavy atom. The number of amides is 1. The average Bonchev–Trinajstić information content (AvgIpc) is 3.24. The van der Waals surface area contributed by atoms with Crippen LogP contribution in [0.15, 0.2) is 12.1 Å². The fraction of sp³-hybridized carbons (Fsp3) is 0.500. The lowest BCUT2D eigenvalue weighted by atomic mass is 10.0. The van der Waals surface area contributed by atoms with Gasteiger partial charge in [-0.05, 0) is 38.3 Å². The van der Waals surface area contributed by atoms with E-state index >= 15 is 0 Å². The van der Waals surface area contributed by atoms with Crippen LogP contribution < -0.4 is 14.8 Å². The van der Waals surface area contributed by atoms with E-state index in [0.29, 0.717) is 40.6 Å². The maximum Gasteiger partial charge on any atom is 0.356 e. The Balaban J connectivity index is 1.62. The topological polar surface area (TPSA) is 92.9 Å². The number of aromatic nitrogens is 1. The first-order valence-electron chi connectivity index (χ1n) is 9.69. The van der Waals surface area contributed by atoms with Gasteiger partial charge in [-0.25, -0.2) is 4.79 Å². The Bertz CT molecular complexity index is 907. The highest BCUT2D eigenvalue weighted by molar-refractivity contribution is 6.11. The molecule has 8 nitrogen and oxygen atoms in total. The van der Waals surface area contributed by atoms with Crippen molar-refractivity contribution < 1.29 is 23.8 Å². The van der Waals surface area contributed by atoms with E-state index in [1.165, 1.54) is 6.42 Å². The molecule has 2 aliphatic rings. The number of piperidine rings is 1. The molecule has 0 bridgehead atoms. The molecule has 0 radical (unpaired) electrons. The minimum atomic E-state index is -0.511. The van der Waals surface area contributed by atoms with Gasteiger partial charge in [0.05, 0.1) is 24.4 Å². The van der Waals surface area contributed by atoms with Crippen LogP contribution in [0, 0.1) is 5.92 Å². The maximum atomic E-state index is 12.7. The Labute approximate surface area is 163 Å². The number of ether oxygens (including phenoxy) is 3. The number of benzene rings is 1. The van der Waals surface area contributed by atoms with Crippen LogP contribution in [0.1, 0.15) is 37.2 Å². The van der Waals surface area contributed by atoms with E-state index < -0.39 is 5.97 Å². The molecule has 8 heteroatoms. The number of hydrogen-bond acceptors (Lipinski definition) is 6. The molecule has 28 heavy (non-hydrogen) atoms. The van der Waals surface area contributed by atoms with E-state index in [1.54, 1.807) is 19.1 Å². The number of carbonyl (C=O) groups is 2. The van der Waals surface area contributed by atoms with Crippen molar-refractivity contribution in [3.05, 3.63) is 17.8 Å². The fourth-order valence-corrected chi connectivity index (χ4v) is 3.88. The van der Waals surface area contributed by atoms with E-state index in [1.807, 2.05) is 0 Å². The van der Waals surface area contributed by atoms with Crippen molar-refractivity contribution in [1.29, 1.82) is 0 Å². The lowest BCUT2D eigenvalue weighted by Crippen LogP contribution is -2.39. The molecular weight excluding hydrogens is 362 g/mol. The quantitative estimate of drug-likeness (QED) is 0.767. The van der Waals surface area contributed by atoms with E-state index in [0.717, 1.165) is 19.5 Å². The van der Waals surface area contributed by atoms with Crippen LogP contribution in [0.25, 0.3) is 10.9 Å². The second-order valence-corrected chi connectivity index (χ2v) is 7.38. The molecule has 2 aromatic rings. The van der Waals surface area contributed by atoms with Gasteiger partial charge in [-0.3, -0.25) is 9.69 Å². The summed E-state index contributed by atoms with van der Waals surface area (Å²) in [7, 11) is 0. The lowest BCUT2D eigenvalue weighted by molar-refractivity contribution is -0.117. The van der Waals surface area contributed by atoms with Gasteiger partial charge in [0.25, 0.3) is 0 Å². The van der Waals surface area contributed by atoms with Gasteiger partial charge in [-0.2, -0.15) is 0 Å². The number of fused-ring (bicyclic) bond motifs is 2. The van der Waals surface area contributed by atoms with Crippen molar-refractivity contribution in [2.75, 3.05) is 38.4 Å². The first kappa shape index (κ1) is 18.6. The third-order valence-corrected chi connectivity index (χ3v) is 5.14. The van der Waals surface area contributed by atoms with Crippen molar-refractivity contribution in [3.8, 4) is 11.5 Å². The van der Waals surface area contributed by atoms with Crippen molar-refractivity contribution in [3.63, 3.8) is 0 Å². The summed E-state index contributed by atoms with van der Waals surface area (Å²) in [4.78, 5) is 30.4. The minimum absolute atomic E-state index is 0.154. The van der Waals surface area contributed by atoms with Crippen LogP contribution >= 0.6 is 0 Å². The first-order chi connectivity index (χ1) is 13.5. The Morgan fingerprint density at radius 2 is 2.11 bits per heavy atom. The lowest BCUT2D eigenvalue weighted by Gasteiger charge is -2.30. The Kier molecular flexibility index (Phi) is 5.13. The molecule has 0 spiro atoms. The molecular formula is C20H25N3O5. The van der Waals surface area contributed by atoms with Crippen LogP contribution in [0.2, 0.25) is 0 Å². The van der Waals surface area contributed by atoms with Gasteiger partial charge in [0.2, 0.25) is 12.7 Å². The predicted octanol–water partition coefficient (Wildman–Crippen LogP) is 2.74. The van der Waals surface area contributed by atoms with Crippen LogP contribution in [0.3, 0.4) is 0 Å². The summed E-state index contributed by atoms with van der Waals surface area (Å²) in [6.45, 7) is 6.46. The number of carbonyl (C=O) groups excluding carboxylic acids is 2. The van der Waals surface area contributed by atoms with Crippen molar-refractivity contribution in [2.45, 2.75) is 26.7 Å². The van der Waals surface area contributed by atoms with E-state index in [2.05, 4.69) is 22.1 Å². The summed E-state index contributed by atoms with van der Waals surface area (Å²) in [5.74, 6) is 1.11. The number of nitrogens with one attached hydrogen (secondary N) is 2. The van der Waals surface area contributed by atoms with Crippen LogP contribution in [-0.2, 0) is 9.53 Å². The molecule has 1 aromatic heterocycles. The van der Waals surface area contributed by atoms with Crippen molar-refractivity contribution in [1.82, 2.24) is 9.88 Å². The van der Waals surface area contributed by atoms with Gasteiger partial charge < -0.3 is 24.5 Å². The molecule has 4 rings (SSSR count). The molecule has 2 N–H and O–H groups in total. The molecule has 150 valence electrons. The second kappa shape index (κ2) is 7.71. The molecule has 0 aliphatic carbocycles. The van der Waals surface area contributed by atoms with Crippen LogP contribution in [0.5, 0.6) is 11.5 Å². The van der Waals surface area contributed by atoms with Crippen molar-refractivity contribution >= 4 is 28.5 Å². The zero-order chi connectivity index (χ0) is 19.7. The molecule has 3 heterocycles. The standard InChI is InChI=1S/C20H25N3O5/c1-3-26-20(25)19-18(22-17(24)10-23-6-4-5-12(2)9-23)13-7-15-16(28-11-27-15)8-14(13)21-19/h7-8,12,21H,3-6,9-11H2,1-2H3,(H,22,24)/t12-/m0/s1. The molecule has 1 saturated heterocycles. The zero-order valence-electron chi connectivity index (χ0n) is 16.2. The number of esters is 1. The summed E-state index contributed by atoms with van der Waals surface area (Å²) >= 11 is 0. The predicted molar refractivity (Wildman–Crippen MR) is 104 cm³/mol. The summed E-state index contributed by atoms with van der Waals surface area (Å²) < 4.78 is 16.0. The molecule has 0 unspecified atom stereocenters. The highest BCUT2D eigenvalue weighted by atomic mass is 16.7. The fourth-order valence-electron chi connectivity index (χ4n) is 3.88. The highest BCUT2D eigenvalue weighted by Gasteiger charge is 2.25. The smallest absolute Gasteiger partial charge is 0.356 e. The van der Waals surface area contributed by atoms with Crippen LogP contribution in [0.4, 0.5) is 5.69 Å². The monoisotopic (exact) mass is 387 g/mol. The second-order valence-electron chi connectivity index (χ2n) is 7.38. The SMILES string of the molecule is CCOC(=O)c1[nH]c2cc3c(cc2c1NC(=O)CN1CCC[C@H](C)C1)OCO3. The molecule has 0 saturated carbocycles. The van der Waals surface area contributed by atoms with E-state index in [9.17, 15) is 9.59 Å². The van der Waals surface area contributed by atoms with Crippen LogP contribution in [-0.4, -0.2) is 54.8 Å². The molecule has 1 aromatic carbocycles.